The monoisotopic (exact) mass is 656 g/mol. The van der Waals surface area contributed by atoms with Crippen molar-refractivity contribution in [2.24, 2.45) is 11.8 Å². The van der Waals surface area contributed by atoms with Gasteiger partial charge in [-0.25, -0.2) is 0 Å². The van der Waals surface area contributed by atoms with Gasteiger partial charge in [-0.3, -0.25) is 9.59 Å². The number of aryl methyl sites for hydroxylation is 1. The highest BCUT2D eigenvalue weighted by atomic mass is 16.5. The van der Waals surface area contributed by atoms with E-state index >= 15 is 0 Å². The molecule has 1 aliphatic rings. The van der Waals surface area contributed by atoms with E-state index in [9.17, 15) is 9.59 Å². The van der Waals surface area contributed by atoms with Gasteiger partial charge in [0.15, 0.2) is 0 Å². The van der Waals surface area contributed by atoms with Gasteiger partial charge in [0.2, 0.25) is 0 Å². The highest BCUT2D eigenvalue weighted by Crippen LogP contribution is 2.38. The molecule has 0 heterocycles. The maximum Gasteiger partial charge on any atom is 0.147 e. The van der Waals surface area contributed by atoms with Crippen LogP contribution in [0, 0.1) is 11.8 Å². The van der Waals surface area contributed by atoms with Crippen LogP contribution in [0.3, 0.4) is 0 Å². The summed E-state index contributed by atoms with van der Waals surface area (Å²) in [5.74, 6) is 2.10. The number of hydrogen-bond acceptors (Lipinski definition) is 5. The van der Waals surface area contributed by atoms with Crippen LogP contribution < -0.4 is 0 Å². The van der Waals surface area contributed by atoms with Crippen LogP contribution in [0.25, 0.3) is 21.9 Å². The Morgan fingerprint density at radius 2 is 1.50 bits per heavy atom. The number of aldehydes is 2. The van der Waals surface area contributed by atoms with Crippen molar-refractivity contribution in [3.05, 3.63) is 95.6 Å². The lowest BCUT2D eigenvalue weighted by molar-refractivity contribution is -0.105. The Bertz CT molecular complexity index is 1390. The summed E-state index contributed by atoms with van der Waals surface area (Å²) in [4.78, 5) is 18.9. The Morgan fingerprint density at radius 1 is 0.875 bits per heavy atom. The summed E-state index contributed by atoms with van der Waals surface area (Å²) < 4.78 is 10.9. The molecule has 0 atom stereocenters. The van der Waals surface area contributed by atoms with Crippen molar-refractivity contribution in [1.29, 1.82) is 0 Å². The molecule has 1 aliphatic carbocycles. The number of aliphatic hydroxyl groups excluding tert-OH is 1. The smallest absolute Gasteiger partial charge is 0.147 e. The molecule has 0 saturated heterocycles. The molecule has 0 spiro atoms. The van der Waals surface area contributed by atoms with Crippen molar-refractivity contribution >= 4 is 23.3 Å². The average molecular weight is 657 g/mol. The Kier molecular flexibility index (Phi) is 19.6. The van der Waals surface area contributed by atoms with Crippen molar-refractivity contribution in [2.45, 2.75) is 90.9 Å². The molecule has 1 N–H and O–H groups in total. The van der Waals surface area contributed by atoms with Gasteiger partial charge in [-0.1, -0.05) is 101 Å². The van der Waals surface area contributed by atoms with E-state index in [4.69, 9.17) is 14.6 Å². The molecule has 5 heteroatoms. The molecule has 262 valence electrons. The zero-order chi connectivity index (χ0) is 35.3. The molecule has 0 radical (unpaired) electrons. The second kappa shape index (κ2) is 23.1. The van der Waals surface area contributed by atoms with Crippen LogP contribution in [-0.2, 0) is 31.9 Å². The third-order valence-corrected chi connectivity index (χ3v) is 9.16. The highest BCUT2D eigenvalue weighted by molar-refractivity contribution is 5.90. The molecule has 3 aromatic carbocycles. The zero-order valence-electron chi connectivity index (χ0n) is 30.3. The Hall–Kier alpha value is -3.38. The number of allylic oxidation sites excluding steroid dienone is 1. The second-order valence-electron chi connectivity index (χ2n) is 13.3. The van der Waals surface area contributed by atoms with Gasteiger partial charge >= 0.3 is 0 Å². The van der Waals surface area contributed by atoms with Gasteiger partial charge in [0.25, 0.3) is 0 Å². The molecule has 4 rings (SSSR count). The molecule has 0 bridgehead atoms. The lowest BCUT2D eigenvalue weighted by atomic mass is 9.77. The van der Waals surface area contributed by atoms with Crippen molar-refractivity contribution < 1.29 is 24.2 Å². The van der Waals surface area contributed by atoms with E-state index in [1.807, 2.05) is 0 Å². The molecule has 1 saturated carbocycles. The Morgan fingerprint density at radius 3 is 2.00 bits per heavy atom. The minimum absolute atomic E-state index is 0.218. The predicted molar refractivity (Wildman–Crippen MR) is 202 cm³/mol. The van der Waals surface area contributed by atoms with Gasteiger partial charge in [0, 0.05) is 25.7 Å². The fraction of sp³-hybridized carbons (Fsp3) is 0.488. The van der Waals surface area contributed by atoms with E-state index in [-0.39, 0.29) is 12.2 Å². The standard InChI is InChI=1S/C35H48O2.C4H6O2.C4H6O/c1-5-7-8-9-26-10-12-30(13-11-26)31-14-16-32(17-15-31)33-18-19-34-22-27(20-28(24-36-3)25-37-4)21-29(6-2)35(34)23-33;1-4(2-5)3-6;1-4(2)3-5/h14-19,21-23,26,28,30H,5-13,20,24-25H2,1-4H3;2,6H,1,3H2;3H,1H2,2H3. The Labute approximate surface area is 290 Å². The number of aliphatic hydroxyl groups is 1. The van der Waals surface area contributed by atoms with Gasteiger partial charge in [-0.05, 0) is 108 Å². The molecule has 5 nitrogen and oxygen atoms in total. The number of carbonyl (C=O) groups is 2. The van der Waals surface area contributed by atoms with Crippen LogP contribution >= 0.6 is 0 Å². The van der Waals surface area contributed by atoms with Crippen molar-refractivity contribution in [3.63, 3.8) is 0 Å². The summed E-state index contributed by atoms with van der Waals surface area (Å²) in [5.41, 5.74) is 7.77. The maximum absolute atomic E-state index is 9.48. The third kappa shape index (κ3) is 14.0. The lowest BCUT2D eigenvalue weighted by Gasteiger charge is -2.29. The summed E-state index contributed by atoms with van der Waals surface area (Å²) in [6.07, 6.45) is 14.4. The molecule has 0 unspecified atom stereocenters. The largest absolute Gasteiger partial charge is 0.392 e. The number of methoxy groups -OCH3 is 2. The predicted octanol–water partition coefficient (Wildman–Crippen LogP) is 9.87. The zero-order valence-corrected chi connectivity index (χ0v) is 30.3. The van der Waals surface area contributed by atoms with E-state index in [0.29, 0.717) is 17.8 Å². The maximum atomic E-state index is 9.48. The first kappa shape index (κ1) is 40.8. The van der Waals surface area contributed by atoms with Crippen molar-refractivity contribution in [3.8, 4) is 11.1 Å². The number of hydrogen-bond donors (Lipinski definition) is 1. The second-order valence-corrected chi connectivity index (χ2v) is 13.3. The topological polar surface area (TPSA) is 72.8 Å². The van der Waals surface area contributed by atoms with Gasteiger partial charge in [0.05, 0.1) is 19.8 Å². The Balaban J connectivity index is 0.000000629. The van der Waals surface area contributed by atoms with E-state index in [1.165, 1.54) is 90.0 Å². The van der Waals surface area contributed by atoms with Crippen molar-refractivity contribution in [1.82, 2.24) is 0 Å². The van der Waals surface area contributed by atoms with E-state index in [0.717, 1.165) is 44.2 Å². The third-order valence-electron chi connectivity index (χ3n) is 9.16. The van der Waals surface area contributed by atoms with Crippen LogP contribution in [0.1, 0.15) is 94.7 Å². The SMILES string of the molecule is C=C(C)C=O.C=C(C=O)CO.CCCCCC1CCC(c2ccc(-c3ccc4cc(CC(COC)COC)cc(CC)c4c3)cc2)CC1. The number of unbranched alkanes of at least 4 members (excludes halogenated alkanes) is 2. The molecular weight excluding hydrogens is 596 g/mol. The van der Waals surface area contributed by atoms with Crippen LogP contribution in [0.15, 0.2) is 78.9 Å². The summed E-state index contributed by atoms with van der Waals surface area (Å²) >= 11 is 0. The van der Waals surface area contributed by atoms with Gasteiger partial charge in [-0.15, -0.1) is 0 Å². The van der Waals surface area contributed by atoms with E-state index in [1.54, 1.807) is 21.1 Å². The van der Waals surface area contributed by atoms with Crippen LogP contribution in [0.5, 0.6) is 0 Å². The van der Waals surface area contributed by atoms with E-state index in [2.05, 4.69) is 81.6 Å². The van der Waals surface area contributed by atoms with E-state index < -0.39 is 0 Å². The first-order valence-electron chi connectivity index (χ1n) is 17.7. The number of fused-ring (bicyclic) bond motifs is 1. The molecule has 0 aliphatic heterocycles. The summed E-state index contributed by atoms with van der Waals surface area (Å²) in [7, 11) is 3.54. The van der Waals surface area contributed by atoms with Gasteiger partial charge in [-0.2, -0.15) is 0 Å². The first-order valence-corrected chi connectivity index (χ1v) is 17.7. The summed E-state index contributed by atoms with van der Waals surface area (Å²) in [6.45, 7) is 13.9. The molecule has 3 aromatic rings. The van der Waals surface area contributed by atoms with Crippen molar-refractivity contribution in [2.75, 3.05) is 34.0 Å². The van der Waals surface area contributed by atoms with Crippen LogP contribution in [-0.4, -0.2) is 51.7 Å². The lowest BCUT2D eigenvalue weighted by Crippen LogP contribution is -2.17. The number of rotatable bonds is 16. The fourth-order valence-electron chi connectivity index (χ4n) is 6.52. The minimum atomic E-state index is -0.233. The summed E-state index contributed by atoms with van der Waals surface area (Å²) in [5, 5.41) is 10.7. The average Bonchev–Trinajstić information content (AvgIpc) is 3.12. The molecule has 48 heavy (non-hydrogen) atoms. The number of carbonyl (C=O) groups excluding carboxylic acids is 2. The van der Waals surface area contributed by atoms with Crippen LogP contribution in [0.4, 0.5) is 0 Å². The van der Waals surface area contributed by atoms with Gasteiger partial charge in [0.1, 0.15) is 12.6 Å². The van der Waals surface area contributed by atoms with Crippen LogP contribution in [0.2, 0.25) is 0 Å². The number of benzene rings is 3. The first-order chi connectivity index (χ1) is 23.2. The normalized spacial score (nSPS) is 15.6. The number of ether oxygens (including phenoxy) is 2. The highest BCUT2D eigenvalue weighted by Gasteiger charge is 2.22. The molecule has 1 fully saturated rings. The molecular formula is C43H60O5. The molecule has 0 aromatic heterocycles. The fourth-order valence-corrected chi connectivity index (χ4v) is 6.52. The minimum Gasteiger partial charge on any atom is -0.392 e. The van der Waals surface area contributed by atoms with Gasteiger partial charge < -0.3 is 14.6 Å². The quantitative estimate of drug-likeness (QED) is 0.0944. The molecule has 0 amide bonds. The summed E-state index contributed by atoms with van der Waals surface area (Å²) in [6, 6.07) is 21.3.